The van der Waals surface area contributed by atoms with E-state index in [2.05, 4.69) is 33.1 Å². The number of aliphatic hydroxyl groups is 1. The Morgan fingerprint density at radius 2 is 1.50 bits per heavy atom. The number of aliphatic hydroxyl groups excluding tert-OH is 1. The van der Waals surface area contributed by atoms with Crippen molar-refractivity contribution < 1.29 is 5.11 Å². The lowest BCUT2D eigenvalue weighted by molar-refractivity contribution is 0.0270. The highest BCUT2D eigenvalue weighted by molar-refractivity contribution is 4.86. The minimum absolute atomic E-state index is 0.00396. The second kappa shape index (κ2) is 7.25. The number of hydrazine groups is 1. The minimum atomic E-state index is -0.286. The van der Waals surface area contributed by atoms with Crippen LogP contribution in [0.15, 0.2) is 0 Å². The van der Waals surface area contributed by atoms with E-state index in [0.29, 0.717) is 0 Å². The molecule has 0 aliphatic rings. The molecule has 0 aromatic carbocycles. The Morgan fingerprint density at radius 3 is 1.75 bits per heavy atom. The smallest absolute Gasteiger partial charge is 0.0563 e. The normalized spacial score (nSPS) is 14.4. The second-order valence-corrected chi connectivity index (χ2v) is 5.73. The van der Waals surface area contributed by atoms with Gasteiger partial charge in [-0.2, -0.15) is 0 Å². The monoisotopic (exact) mass is 232 g/mol. The van der Waals surface area contributed by atoms with Gasteiger partial charge in [0.05, 0.1) is 6.10 Å². The van der Waals surface area contributed by atoms with Crippen molar-refractivity contribution in [3.05, 3.63) is 0 Å². The molecule has 0 saturated carbocycles. The summed E-state index contributed by atoms with van der Waals surface area (Å²) in [5.74, 6) is 0. The van der Waals surface area contributed by atoms with Crippen molar-refractivity contribution in [3.63, 3.8) is 0 Å². The SMILES string of the molecule is CC.CC(O)C(C)(C)CC(C)(C)NN(C)C. The maximum atomic E-state index is 9.64. The van der Waals surface area contributed by atoms with Gasteiger partial charge in [-0.1, -0.05) is 27.7 Å². The minimum Gasteiger partial charge on any atom is -0.393 e. The van der Waals surface area contributed by atoms with Crippen LogP contribution in [0.25, 0.3) is 0 Å². The molecule has 0 spiro atoms. The summed E-state index contributed by atoms with van der Waals surface area (Å²) in [5.41, 5.74) is 3.29. The third kappa shape index (κ3) is 8.08. The lowest BCUT2D eigenvalue weighted by Gasteiger charge is -2.39. The Bertz CT molecular complexity index is 175. The highest BCUT2D eigenvalue weighted by atomic mass is 16.3. The quantitative estimate of drug-likeness (QED) is 0.715. The molecular formula is C13H32N2O. The fourth-order valence-electron chi connectivity index (χ4n) is 1.93. The van der Waals surface area contributed by atoms with Crippen LogP contribution in [0, 0.1) is 5.41 Å². The predicted molar refractivity (Wildman–Crippen MR) is 72.3 cm³/mol. The topological polar surface area (TPSA) is 35.5 Å². The van der Waals surface area contributed by atoms with E-state index >= 15 is 0 Å². The zero-order valence-electron chi connectivity index (χ0n) is 12.7. The van der Waals surface area contributed by atoms with Crippen LogP contribution in [-0.4, -0.2) is 35.9 Å². The third-order valence-electron chi connectivity index (χ3n) is 2.55. The van der Waals surface area contributed by atoms with Gasteiger partial charge in [0.2, 0.25) is 0 Å². The highest BCUT2D eigenvalue weighted by Crippen LogP contribution is 2.31. The van der Waals surface area contributed by atoms with Gasteiger partial charge in [0.1, 0.15) is 0 Å². The number of hydrogen-bond donors (Lipinski definition) is 2. The van der Waals surface area contributed by atoms with E-state index in [1.165, 1.54) is 0 Å². The van der Waals surface area contributed by atoms with Crippen molar-refractivity contribution in [2.45, 2.75) is 66.5 Å². The molecular weight excluding hydrogens is 200 g/mol. The van der Waals surface area contributed by atoms with E-state index in [1.807, 2.05) is 39.9 Å². The molecule has 0 aliphatic heterocycles. The summed E-state index contributed by atoms with van der Waals surface area (Å²) >= 11 is 0. The molecule has 0 rings (SSSR count). The van der Waals surface area contributed by atoms with E-state index in [1.54, 1.807) is 0 Å². The summed E-state index contributed by atoms with van der Waals surface area (Å²) in [5, 5.41) is 11.6. The molecule has 0 aromatic heterocycles. The van der Waals surface area contributed by atoms with Gasteiger partial charge in [0.15, 0.2) is 0 Å². The van der Waals surface area contributed by atoms with E-state index in [4.69, 9.17) is 0 Å². The first-order valence-corrected chi connectivity index (χ1v) is 6.20. The van der Waals surface area contributed by atoms with Crippen LogP contribution in [-0.2, 0) is 0 Å². The van der Waals surface area contributed by atoms with Crippen LogP contribution < -0.4 is 5.43 Å². The van der Waals surface area contributed by atoms with Crippen molar-refractivity contribution >= 4 is 0 Å². The molecule has 0 fully saturated rings. The van der Waals surface area contributed by atoms with Gasteiger partial charge >= 0.3 is 0 Å². The summed E-state index contributed by atoms with van der Waals surface area (Å²) in [4.78, 5) is 0. The Labute approximate surface area is 102 Å². The van der Waals surface area contributed by atoms with Crippen molar-refractivity contribution in [2.75, 3.05) is 14.1 Å². The molecule has 2 N–H and O–H groups in total. The summed E-state index contributed by atoms with van der Waals surface area (Å²) < 4.78 is 0. The van der Waals surface area contributed by atoms with Crippen LogP contribution in [0.2, 0.25) is 0 Å². The van der Waals surface area contributed by atoms with Gasteiger partial charge in [0.25, 0.3) is 0 Å². The molecule has 16 heavy (non-hydrogen) atoms. The Morgan fingerprint density at radius 1 is 1.12 bits per heavy atom. The zero-order valence-corrected chi connectivity index (χ0v) is 12.7. The molecule has 0 heterocycles. The summed E-state index contributed by atoms with van der Waals surface area (Å²) in [6.07, 6.45) is 0.640. The van der Waals surface area contributed by atoms with Gasteiger partial charge in [-0.15, -0.1) is 0 Å². The number of nitrogens with zero attached hydrogens (tertiary/aromatic N) is 1. The van der Waals surface area contributed by atoms with Gasteiger partial charge in [0, 0.05) is 19.6 Å². The van der Waals surface area contributed by atoms with Crippen LogP contribution >= 0.6 is 0 Å². The van der Waals surface area contributed by atoms with Crippen molar-refractivity contribution in [2.24, 2.45) is 5.41 Å². The molecule has 0 aromatic rings. The molecule has 0 bridgehead atoms. The molecule has 0 aliphatic carbocycles. The van der Waals surface area contributed by atoms with Crippen LogP contribution in [0.5, 0.6) is 0 Å². The first-order chi connectivity index (χ1) is 7.07. The lowest BCUT2D eigenvalue weighted by Crippen LogP contribution is -2.50. The Hall–Kier alpha value is -0.120. The third-order valence-corrected chi connectivity index (χ3v) is 2.55. The number of rotatable bonds is 5. The van der Waals surface area contributed by atoms with Crippen molar-refractivity contribution in [1.82, 2.24) is 10.4 Å². The first-order valence-electron chi connectivity index (χ1n) is 6.20. The maximum absolute atomic E-state index is 9.64. The van der Waals surface area contributed by atoms with Gasteiger partial charge in [-0.25, -0.2) is 0 Å². The standard InChI is InChI=1S/C11H26N2O.C2H6/c1-9(14)10(2,3)8-11(4,5)12-13(6)7;1-2/h9,12,14H,8H2,1-7H3;1-2H3. The molecule has 100 valence electrons. The van der Waals surface area contributed by atoms with Gasteiger partial charge < -0.3 is 5.11 Å². The number of hydrogen-bond acceptors (Lipinski definition) is 3. The molecule has 1 atom stereocenters. The van der Waals surface area contributed by atoms with E-state index in [9.17, 15) is 5.11 Å². The fraction of sp³-hybridized carbons (Fsp3) is 1.00. The Kier molecular flexibility index (Phi) is 8.27. The van der Waals surface area contributed by atoms with Gasteiger partial charge in [-0.05, 0) is 32.6 Å². The van der Waals surface area contributed by atoms with Crippen LogP contribution in [0.4, 0.5) is 0 Å². The molecule has 3 heteroatoms. The average Bonchev–Trinajstić information content (AvgIpc) is 2.02. The maximum Gasteiger partial charge on any atom is 0.0563 e. The van der Waals surface area contributed by atoms with Crippen molar-refractivity contribution in [1.29, 1.82) is 0 Å². The highest BCUT2D eigenvalue weighted by Gasteiger charge is 2.32. The van der Waals surface area contributed by atoms with Crippen LogP contribution in [0.3, 0.4) is 0 Å². The van der Waals surface area contributed by atoms with E-state index < -0.39 is 0 Å². The summed E-state index contributed by atoms with van der Waals surface area (Å²) in [6, 6.07) is 0. The van der Waals surface area contributed by atoms with Crippen LogP contribution in [0.1, 0.15) is 54.9 Å². The molecule has 0 radical (unpaired) electrons. The summed E-state index contributed by atoms with van der Waals surface area (Å²) in [7, 11) is 3.97. The lowest BCUT2D eigenvalue weighted by atomic mass is 9.77. The zero-order chi connectivity index (χ0) is 13.6. The predicted octanol–water partition coefficient (Wildman–Crippen LogP) is 2.65. The van der Waals surface area contributed by atoms with Gasteiger partial charge in [-0.3, -0.25) is 10.4 Å². The first kappa shape index (κ1) is 18.3. The number of nitrogens with one attached hydrogen (secondary N) is 1. The second-order valence-electron chi connectivity index (χ2n) is 5.73. The summed E-state index contributed by atoms with van der Waals surface area (Å²) in [6.45, 7) is 14.3. The molecule has 3 nitrogen and oxygen atoms in total. The van der Waals surface area contributed by atoms with Crippen molar-refractivity contribution in [3.8, 4) is 0 Å². The fourth-order valence-corrected chi connectivity index (χ4v) is 1.93. The molecule has 0 saturated heterocycles. The molecule has 1 unspecified atom stereocenters. The van der Waals surface area contributed by atoms with E-state index in [-0.39, 0.29) is 17.1 Å². The average molecular weight is 232 g/mol. The Balaban J connectivity index is 0. The largest absolute Gasteiger partial charge is 0.393 e. The molecule has 0 amide bonds. The van der Waals surface area contributed by atoms with E-state index in [0.717, 1.165) is 6.42 Å².